The number of rotatable bonds is 2. The Morgan fingerprint density at radius 3 is 3.00 bits per heavy atom. The minimum absolute atomic E-state index is 0.573. The molecule has 0 aliphatic rings. The van der Waals surface area contributed by atoms with E-state index < -0.39 is 0 Å². The van der Waals surface area contributed by atoms with Gasteiger partial charge < -0.3 is 0 Å². The summed E-state index contributed by atoms with van der Waals surface area (Å²) in [7, 11) is 0. The number of hydrogen-bond donors (Lipinski definition) is 0. The highest BCUT2D eigenvalue weighted by molar-refractivity contribution is 5.46. The zero-order chi connectivity index (χ0) is 9.26. The first-order chi connectivity index (χ1) is 6.33. The molecule has 0 radical (unpaired) electrons. The molecular formula is C11H14N2. The van der Waals surface area contributed by atoms with Crippen LogP contribution in [0.3, 0.4) is 0 Å². The zero-order valence-corrected chi connectivity index (χ0v) is 8.07. The molecule has 0 saturated carbocycles. The number of hydrogen-bond acceptors (Lipinski definition) is 1. The lowest BCUT2D eigenvalue weighted by Crippen LogP contribution is -2.01. The highest BCUT2D eigenvalue weighted by Gasteiger charge is 2.06. The quantitative estimate of drug-likeness (QED) is 0.684. The Morgan fingerprint density at radius 1 is 1.38 bits per heavy atom. The van der Waals surface area contributed by atoms with Crippen molar-refractivity contribution in [3.05, 3.63) is 36.2 Å². The summed E-state index contributed by atoms with van der Waals surface area (Å²) in [4.78, 5) is 0. The third kappa shape index (κ3) is 1.32. The van der Waals surface area contributed by atoms with E-state index in [2.05, 4.69) is 37.1 Å². The molecule has 0 aliphatic carbocycles. The topological polar surface area (TPSA) is 17.3 Å². The van der Waals surface area contributed by atoms with E-state index >= 15 is 0 Å². The summed E-state index contributed by atoms with van der Waals surface area (Å²) in [6, 6.07) is 8.36. The monoisotopic (exact) mass is 174 g/mol. The van der Waals surface area contributed by atoms with Gasteiger partial charge in [-0.1, -0.05) is 19.9 Å². The molecule has 2 aromatic heterocycles. The second kappa shape index (κ2) is 3.21. The summed E-state index contributed by atoms with van der Waals surface area (Å²) in [5, 5.41) is 4.30. The van der Waals surface area contributed by atoms with Gasteiger partial charge in [0.25, 0.3) is 0 Å². The van der Waals surface area contributed by atoms with Crippen molar-refractivity contribution in [2.45, 2.75) is 26.2 Å². The second-order valence-corrected chi connectivity index (χ2v) is 3.43. The van der Waals surface area contributed by atoms with E-state index in [-0.39, 0.29) is 0 Å². The van der Waals surface area contributed by atoms with Crippen molar-refractivity contribution in [1.29, 1.82) is 0 Å². The summed E-state index contributed by atoms with van der Waals surface area (Å²) in [6.07, 6.45) is 3.00. The van der Waals surface area contributed by atoms with Gasteiger partial charge in [0.2, 0.25) is 0 Å². The van der Waals surface area contributed by atoms with Crippen LogP contribution < -0.4 is 0 Å². The number of nitrogens with zero attached hydrogens (tertiary/aromatic N) is 2. The Bertz CT molecular complexity index is 403. The van der Waals surface area contributed by atoms with Crippen molar-refractivity contribution >= 4 is 5.52 Å². The average molecular weight is 174 g/mol. The van der Waals surface area contributed by atoms with Crippen LogP contribution in [0.1, 0.15) is 31.9 Å². The fourth-order valence-corrected chi connectivity index (χ4v) is 1.55. The maximum absolute atomic E-state index is 4.30. The lowest BCUT2D eigenvalue weighted by atomic mass is 10.0. The highest BCUT2D eigenvalue weighted by atomic mass is 15.2. The predicted molar refractivity (Wildman–Crippen MR) is 53.9 cm³/mol. The molecule has 0 N–H and O–H groups in total. The van der Waals surface area contributed by atoms with Crippen LogP contribution in [0.2, 0.25) is 0 Å². The smallest absolute Gasteiger partial charge is 0.0664 e. The fraction of sp³-hybridized carbons (Fsp3) is 0.364. The van der Waals surface area contributed by atoms with Crippen LogP contribution in [0.15, 0.2) is 30.5 Å². The van der Waals surface area contributed by atoms with Crippen LogP contribution in [0.4, 0.5) is 0 Å². The SMILES string of the molecule is CCC(C)c1cccc2ccnn12. The van der Waals surface area contributed by atoms with Crippen molar-refractivity contribution in [3.63, 3.8) is 0 Å². The summed E-state index contributed by atoms with van der Waals surface area (Å²) in [5.41, 5.74) is 2.47. The Hall–Kier alpha value is -1.31. The molecule has 0 bridgehead atoms. The van der Waals surface area contributed by atoms with Crippen LogP contribution in [0.5, 0.6) is 0 Å². The fourth-order valence-electron chi connectivity index (χ4n) is 1.55. The third-order valence-corrected chi connectivity index (χ3v) is 2.57. The first kappa shape index (κ1) is 8.30. The van der Waals surface area contributed by atoms with Crippen molar-refractivity contribution < 1.29 is 0 Å². The van der Waals surface area contributed by atoms with Gasteiger partial charge in [0.15, 0.2) is 0 Å². The van der Waals surface area contributed by atoms with E-state index in [0.29, 0.717) is 5.92 Å². The zero-order valence-electron chi connectivity index (χ0n) is 8.07. The summed E-state index contributed by atoms with van der Waals surface area (Å²) in [5.74, 6) is 0.573. The Labute approximate surface area is 78.2 Å². The summed E-state index contributed by atoms with van der Waals surface area (Å²) >= 11 is 0. The Balaban J connectivity index is 2.60. The third-order valence-electron chi connectivity index (χ3n) is 2.57. The lowest BCUT2D eigenvalue weighted by molar-refractivity contribution is 0.675. The average Bonchev–Trinajstić information content (AvgIpc) is 2.63. The lowest BCUT2D eigenvalue weighted by Gasteiger charge is -2.10. The molecule has 1 atom stereocenters. The Kier molecular flexibility index (Phi) is 2.05. The van der Waals surface area contributed by atoms with E-state index in [0.717, 1.165) is 6.42 Å². The first-order valence-corrected chi connectivity index (χ1v) is 4.75. The maximum Gasteiger partial charge on any atom is 0.0664 e. The van der Waals surface area contributed by atoms with E-state index in [1.54, 1.807) is 0 Å². The maximum atomic E-state index is 4.30. The highest BCUT2D eigenvalue weighted by Crippen LogP contribution is 2.18. The minimum atomic E-state index is 0.573. The molecule has 2 nitrogen and oxygen atoms in total. The van der Waals surface area contributed by atoms with Gasteiger partial charge in [0.1, 0.15) is 0 Å². The predicted octanol–water partition coefficient (Wildman–Crippen LogP) is 2.85. The van der Waals surface area contributed by atoms with Crippen LogP contribution >= 0.6 is 0 Å². The van der Waals surface area contributed by atoms with E-state index in [9.17, 15) is 0 Å². The van der Waals surface area contributed by atoms with Crippen molar-refractivity contribution in [3.8, 4) is 0 Å². The molecule has 13 heavy (non-hydrogen) atoms. The molecule has 0 fully saturated rings. The van der Waals surface area contributed by atoms with Crippen LogP contribution in [-0.2, 0) is 0 Å². The molecule has 0 aliphatic heterocycles. The molecule has 0 aromatic carbocycles. The molecule has 0 saturated heterocycles. The minimum Gasteiger partial charge on any atom is -0.238 e. The Morgan fingerprint density at radius 2 is 2.23 bits per heavy atom. The molecule has 68 valence electrons. The van der Waals surface area contributed by atoms with Crippen LogP contribution in [-0.4, -0.2) is 9.61 Å². The van der Waals surface area contributed by atoms with E-state index in [1.165, 1.54) is 11.2 Å². The number of pyridine rings is 1. The van der Waals surface area contributed by atoms with Gasteiger partial charge in [0.05, 0.1) is 5.52 Å². The second-order valence-electron chi connectivity index (χ2n) is 3.43. The molecule has 2 rings (SSSR count). The van der Waals surface area contributed by atoms with Crippen LogP contribution in [0, 0.1) is 0 Å². The van der Waals surface area contributed by atoms with Gasteiger partial charge >= 0.3 is 0 Å². The molecule has 1 unspecified atom stereocenters. The summed E-state index contributed by atoms with van der Waals surface area (Å²) < 4.78 is 2.02. The van der Waals surface area contributed by atoms with Gasteiger partial charge in [-0.15, -0.1) is 0 Å². The van der Waals surface area contributed by atoms with Gasteiger partial charge in [-0.2, -0.15) is 5.10 Å². The van der Waals surface area contributed by atoms with Gasteiger partial charge in [-0.05, 0) is 30.5 Å². The van der Waals surface area contributed by atoms with E-state index in [1.807, 2.05) is 16.8 Å². The molecular weight excluding hydrogens is 160 g/mol. The standard InChI is InChI=1S/C11H14N2/c1-3-9(2)11-6-4-5-10-7-8-12-13(10)11/h4-9H,3H2,1-2H3. The number of fused-ring (bicyclic) bond motifs is 1. The van der Waals surface area contributed by atoms with Gasteiger partial charge in [-0.25, -0.2) is 4.52 Å². The molecule has 2 heteroatoms. The van der Waals surface area contributed by atoms with Crippen LogP contribution in [0.25, 0.3) is 5.52 Å². The number of aromatic nitrogens is 2. The molecule has 0 spiro atoms. The largest absolute Gasteiger partial charge is 0.238 e. The normalized spacial score (nSPS) is 13.4. The first-order valence-electron chi connectivity index (χ1n) is 4.75. The molecule has 2 aromatic rings. The van der Waals surface area contributed by atoms with Gasteiger partial charge in [0, 0.05) is 11.9 Å². The molecule has 2 heterocycles. The summed E-state index contributed by atoms with van der Waals surface area (Å²) in [6.45, 7) is 4.43. The van der Waals surface area contributed by atoms with E-state index in [4.69, 9.17) is 0 Å². The van der Waals surface area contributed by atoms with Crippen molar-refractivity contribution in [1.82, 2.24) is 9.61 Å². The molecule has 0 amide bonds. The van der Waals surface area contributed by atoms with Crippen molar-refractivity contribution in [2.75, 3.05) is 0 Å². The van der Waals surface area contributed by atoms with Crippen molar-refractivity contribution in [2.24, 2.45) is 0 Å². The van der Waals surface area contributed by atoms with Gasteiger partial charge in [-0.3, -0.25) is 0 Å².